The Bertz CT molecular complexity index is 215. The monoisotopic (exact) mass is 185 g/mol. The smallest absolute Gasteiger partial charge is 0.323 e. The third kappa shape index (κ3) is 2.81. The molecule has 0 aromatic heterocycles. The first kappa shape index (κ1) is 10.2. The second-order valence-corrected chi connectivity index (χ2v) is 3.45. The Kier molecular flexibility index (Phi) is 3.42. The lowest BCUT2D eigenvalue weighted by atomic mass is 10.2. The van der Waals surface area contributed by atoms with Gasteiger partial charge < -0.3 is 4.74 Å². The predicted molar refractivity (Wildman–Crippen MR) is 47.3 cm³/mol. The van der Waals surface area contributed by atoms with Crippen molar-refractivity contribution in [2.45, 2.75) is 25.8 Å². The minimum Gasteiger partial charge on any atom is -0.457 e. The molecular formula is C9H15NO3. The molecule has 13 heavy (non-hydrogen) atoms. The molecule has 1 rings (SSSR count). The van der Waals surface area contributed by atoms with Crippen LogP contribution in [0.4, 0.5) is 0 Å². The number of likely N-dealkylation sites (N-methyl/N-ethyl adjacent to an activating group) is 1. The van der Waals surface area contributed by atoms with Crippen molar-refractivity contribution in [3.8, 4) is 0 Å². The van der Waals surface area contributed by atoms with E-state index in [1.165, 1.54) is 6.92 Å². The molecule has 4 heteroatoms. The topological polar surface area (TPSA) is 46.6 Å². The van der Waals surface area contributed by atoms with Crippen molar-refractivity contribution in [1.82, 2.24) is 4.90 Å². The van der Waals surface area contributed by atoms with Crippen LogP contribution in [0, 0.1) is 0 Å². The van der Waals surface area contributed by atoms with Crippen LogP contribution in [0.1, 0.15) is 19.8 Å². The van der Waals surface area contributed by atoms with Gasteiger partial charge in [0.1, 0.15) is 12.6 Å². The zero-order valence-corrected chi connectivity index (χ0v) is 8.08. The maximum atomic E-state index is 11.3. The molecule has 1 aliphatic heterocycles. The van der Waals surface area contributed by atoms with Gasteiger partial charge in [-0.05, 0) is 33.4 Å². The SMILES string of the molecule is CC(=O)COC(=O)C1CCCN1C. The first-order chi connectivity index (χ1) is 6.11. The van der Waals surface area contributed by atoms with E-state index in [2.05, 4.69) is 0 Å². The van der Waals surface area contributed by atoms with Crippen molar-refractivity contribution < 1.29 is 14.3 Å². The van der Waals surface area contributed by atoms with E-state index in [0.717, 1.165) is 19.4 Å². The van der Waals surface area contributed by atoms with Crippen molar-refractivity contribution in [3.63, 3.8) is 0 Å². The van der Waals surface area contributed by atoms with Crippen LogP contribution in [-0.4, -0.2) is 42.9 Å². The summed E-state index contributed by atoms with van der Waals surface area (Å²) in [4.78, 5) is 23.9. The van der Waals surface area contributed by atoms with E-state index in [-0.39, 0.29) is 24.4 Å². The van der Waals surface area contributed by atoms with Crippen LogP contribution in [0.15, 0.2) is 0 Å². The van der Waals surface area contributed by atoms with Gasteiger partial charge in [0, 0.05) is 0 Å². The highest BCUT2D eigenvalue weighted by Crippen LogP contribution is 2.15. The van der Waals surface area contributed by atoms with E-state index in [4.69, 9.17) is 4.74 Å². The molecule has 0 bridgehead atoms. The van der Waals surface area contributed by atoms with Crippen LogP contribution in [0.25, 0.3) is 0 Å². The number of rotatable bonds is 3. The Morgan fingerprint density at radius 1 is 1.54 bits per heavy atom. The summed E-state index contributed by atoms with van der Waals surface area (Å²) in [6.45, 7) is 2.24. The maximum Gasteiger partial charge on any atom is 0.323 e. The maximum absolute atomic E-state index is 11.3. The quantitative estimate of drug-likeness (QED) is 0.590. The third-order valence-electron chi connectivity index (χ3n) is 2.21. The van der Waals surface area contributed by atoms with Crippen molar-refractivity contribution >= 4 is 11.8 Å². The van der Waals surface area contributed by atoms with Crippen LogP contribution in [0.3, 0.4) is 0 Å². The molecule has 0 radical (unpaired) electrons. The number of hydrogen-bond acceptors (Lipinski definition) is 4. The Morgan fingerprint density at radius 3 is 2.69 bits per heavy atom. The van der Waals surface area contributed by atoms with Crippen molar-refractivity contribution in [2.24, 2.45) is 0 Å². The zero-order chi connectivity index (χ0) is 9.84. The summed E-state index contributed by atoms with van der Waals surface area (Å²) >= 11 is 0. The van der Waals surface area contributed by atoms with Crippen LogP contribution in [0.2, 0.25) is 0 Å². The number of nitrogens with zero attached hydrogens (tertiary/aromatic N) is 1. The molecule has 1 heterocycles. The molecule has 0 aromatic carbocycles. The summed E-state index contributed by atoms with van der Waals surface area (Å²) in [5.74, 6) is -0.385. The van der Waals surface area contributed by atoms with Crippen LogP contribution in [-0.2, 0) is 14.3 Å². The molecule has 0 aliphatic carbocycles. The summed E-state index contributed by atoms with van der Waals surface area (Å²) in [7, 11) is 1.90. The third-order valence-corrected chi connectivity index (χ3v) is 2.21. The number of esters is 1. The Labute approximate surface area is 77.8 Å². The molecule has 0 saturated carbocycles. The highest BCUT2D eigenvalue weighted by atomic mass is 16.5. The summed E-state index contributed by atoms with van der Waals surface area (Å²) in [6, 6.07) is -0.139. The lowest BCUT2D eigenvalue weighted by molar-refractivity contribution is -0.151. The molecule has 0 aromatic rings. The standard InChI is InChI=1S/C9H15NO3/c1-7(11)6-13-9(12)8-4-3-5-10(8)2/h8H,3-6H2,1-2H3. The molecule has 0 spiro atoms. The van der Waals surface area contributed by atoms with Gasteiger partial charge in [-0.2, -0.15) is 0 Å². The van der Waals surface area contributed by atoms with Gasteiger partial charge in [-0.25, -0.2) is 0 Å². The second kappa shape index (κ2) is 4.37. The van der Waals surface area contributed by atoms with Gasteiger partial charge in [0.25, 0.3) is 0 Å². The normalized spacial score (nSPS) is 23.1. The van der Waals surface area contributed by atoms with Crippen LogP contribution >= 0.6 is 0 Å². The number of carbonyl (C=O) groups excluding carboxylic acids is 2. The Morgan fingerprint density at radius 2 is 2.23 bits per heavy atom. The van der Waals surface area contributed by atoms with Gasteiger partial charge in [-0.1, -0.05) is 0 Å². The van der Waals surface area contributed by atoms with E-state index < -0.39 is 0 Å². The fourth-order valence-electron chi connectivity index (χ4n) is 1.48. The van der Waals surface area contributed by atoms with Crippen LogP contribution in [0.5, 0.6) is 0 Å². The molecule has 1 saturated heterocycles. The average molecular weight is 185 g/mol. The van der Waals surface area contributed by atoms with Crippen LogP contribution < -0.4 is 0 Å². The average Bonchev–Trinajstić information content (AvgIpc) is 2.47. The number of Topliss-reactive ketones (excluding diaryl/α,β-unsaturated/α-hetero) is 1. The number of ketones is 1. The number of likely N-dealkylation sites (tertiary alicyclic amines) is 1. The van der Waals surface area contributed by atoms with Crippen molar-refractivity contribution in [2.75, 3.05) is 20.2 Å². The molecule has 1 fully saturated rings. The molecule has 74 valence electrons. The van der Waals surface area contributed by atoms with Gasteiger partial charge in [0.15, 0.2) is 5.78 Å². The number of carbonyl (C=O) groups is 2. The lowest BCUT2D eigenvalue weighted by Gasteiger charge is -2.16. The van der Waals surface area contributed by atoms with Gasteiger partial charge in [-0.3, -0.25) is 14.5 Å². The molecule has 0 N–H and O–H groups in total. The minimum atomic E-state index is -0.268. The summed E-state index contributed by atoms with van der Waals surface area (Å²) in [5.41, 5.74) is 0. The summed E-state index contributed by atoms with van der Waals surface area (Å²) in [6.07, 6.45) is 1.86. The van der Waals surface area contributed by atoms with E-state index in [0.29, 0.717) is 0 Å². The number of hydrogen-bond donors (Lipinski definition) is 0. The van der Waals surface area contributed by atoms with Gasteiger partial charge in [0.05, 0.1) is 0 Å². The highest BCUT2D eigenvalue weighted by molar-refractivity contribution is 5.82. The largest absolute Gasteiger partial charge is 0.457 e. The van der Waals surface area contributed by atoms with E-state index in [9.17, 15) is 9.59 Å². The molecule has 4 nitrogen and oxygen atoms in total. The molecule has 1 atom stereocenters. The van der Waals surface area contributed by atoms with Crippen molar-refractivity contribution in [1.29, 1.82) is 0 Å². The first-order valence-corrected chi connectivity index (χ1v) is 4.47. The van der Waals surface area contributed by atoms with Gasteiger partial charge in [-0.15, -0.1) is 0 Å². The first-order valence-electron chi connectivity index (χ1n) is 4.47. The van der Waals surface area contributed by atoms with Gasteiger partial charge >= 0.3 is 5.97 Å². The summed E-state index contributed by atoms with van der Waals surface area (Å²) < 4.78 is 4.83. The molecular weight excluding hydrogens is 170 g/mol. The second-order valence-electron chi connectivity index (χ2n) is 3.45. The zero-order valence-electron chi connectivity index (χ0n) is 8.08. The molecule has 1 aliphatic rings. The lowest BCUT2D eigenvalue weighted by Crippen LogP contribution is -2.35. The number of ether oxygens (including phenoxy) is 1. The van der Waals surface area contributed by atoms with Gasteiger partial charge in [0.2, 0.25) is 0 Å². The molecule has 1 unspecified atom stereocenters. The van der Waals surface area contributed by atoms with Crippen molar-refractivity contribution in [3.05, 3.63) is 0 Å². The van der Waals surface area contributed by atoms with E-state index in [1.54, 1.807) is 0 Å². The highest BCUT2D eigenvalue weighted by Gasteiger charge is 2.28. The summed E-state index contributed by atoms with van der Waals surface area (Å²) in [5, 5.41) is 0. The fourth-order valence-corrected chi connectivity index (χ4v) is 1.48. The Balaban J connectivity index is 2.34. The van der Waals surface area contributed by atoms with E-state index >= 15 is 0 Å². The fraction of sp³-hybridized carbons (Fsp3) is 0.778. The molecule has 0 amide bonds. The van der Waals surface area contributed by atoms with E-state index in [1.807, 2.05) is 11.9 Å². The Hall–Kier alpha value is -0.900. The predicted octanol–water partition coefficient (Wildman–Crippen LogP) is 0.213. The minimum absolute atomic E-state index is 0.0941.